The Morgan fingerprint density at radius 3 is 2.75 bits per heavy atom. The Labute approximate surface area is 121 Å². The number of rotatable bonds is 5. The van der Waals surface area contributed by atoms with Gasteiger partial charge in [-0.3, -0.25) is 4.79 Å². The summed E-state index contributed by atoms with van der Waals surface area (Å²) in [5.41, 5.74) is 0.546. The normalized spacial score (nSPS) is 13.5. The van der Waals surface area contributed by atoms with Crippen LogP contribution in [0.1, 0.15) is 12.8 Å². The van der Waals surface area contributed by atoms with Gasteiger partial charge in [-0.2, -0.15) is 0 Å². The molecule has 3 amide bonds. The Hall–Kier alpha value is -1.95. The van der Waals surface area contributed by atoms with Gasteiger partial charge in [-0.1, -0.05) is 11.6 Å². The van der Waals surface area contributed by atoms with Crippen LogP contribution in [-0.4, -0.2) is 31.6 Å². The number of benzene rings is 1. The standard InChI is InChI=1S/C13H16ClN3O3/c1-20-11-5-4-9(6-10(11)14)16-12(18)7-15-13(19)17-8-2-3-8/h4-6,8H,2-3,7H2,1H3,(H,16,18)(H2,15,17,19). The van der Waals surface area contributed by atoms with Crippen LogP contribution in [0.2, 0.25) is 5.02 Å². The van der Waals surface area contributed by atoms with Gasteiger partial charge in [0.25, 0.3) is 0 Å². The molecule has 0 bridgehead atoms. The molecule has 6 nitrogen and oxygen atoms in total. The highest BCUT2D eigenvalue weighted by atomic mass is 35.5. The van der Waals surface area contributed by atoms with Crippen LogP contribution in [-0.2, 0) is 4.79 Å². The number of carbonyl (C=O) groups excluding carboxylic acids is 2. The van der Waals surface area contributed by atoms with Gasteiger partial charge >= 0.3 is 6.03 Å². The minimum absolute atomic E-state index is 0.0950. The molecule has 1 aliphatic carbocycles. The number of carbonyl (C=O) groups is 2. The third kappa shape index (κ3) is 4.31. The maximum atomic E-state index is 11.7. The van der Waals surface area contributed by atoms with E-state index in [4.69, 9.17) is 16.3 Å². The quantitative estimate of drug-likeness (QED) is 0.774. The summed E-state index contributed by atoms with van der Waals surface area (Å²) in [6.07, 6.45) is 2.01. The van der Waals surface area contributed by atoms with Crippen LogP contribution in [0.25, 0.3) is 0 Å². The van der Waals surface area contributed by atoms with Crippen molar-refractivity contribution in [1.29, 1.82) is 0 Å². The minimum atomic E-state index is -0.324. The second-order valence-corrected chi connectivity index (χ2v) is 4.91. The smallest absolute Gasteiger partial charge is 0.315 e. The Kier molecular flexibility index (Phi) is 4.68. The molecule has 1 fully saturated rings. The van der Waals surface area contributed by atoms with E-state index in [0.717, 1.165) is 12.8 Å². The fraction of sp³-hybridized carbons (Fsp3) is 0.385. The molecule has 7 heteroatoms. The molecule has 108 valence electrons. The first kappa shape index (κ1) is 14.5. The summed E-state index contributed by atoms with van der Waals surface area (Å²) in [6.45, 7) is -0.0950. The Morgan fingerprint density at radius 1 is 1.40 bits per heavy atom. The lowest BCUT2D eigenvalue weighted by molar-refractivity contribution is -0.115. The molecule has 1 aromatic rings. The van der Waals surface area contributed by atoms with Crippen LogP contribution in [0.5, 0.6) is 5.75 Å². The number of urea groups is 1. The summed E-state index contributed by atoms with van der Waals surface area (Å²) in [4.78, 5) is 23.0. The van der Waals surface area contributed by atoms with Crippen molar-refractivity contribution in [2.45, 2.75) is 18.9 Å². The molecule has 0 saturated heterocycles. The number of amides is 3. The van der Waals surface area contributed by atoms with E-state index in [1.165, 1.54) is 7.11 Å². The highest BCUT2D eigenvalue weighted by Crippen LogP contribution is 2.27. The molecule has 0 atom stereocenters. The van der Waals surface area contributed by atoms with Gasteiger partial charge in [-0.25, -0.2) is 4.79 Å². The van der Waals surface area contributed by atoms with Gasteiger partial charge in [0.2, 0.25) is 5.91 Å². The molecule has 20 heavy (non-hydrogen) atoms. The third-order valence-corrected chi connectivity index (χ3v) is 3.05. The molecule has 0 unspecified atom stereocenters. The molecule has 3 N–H and O–H groups in total. The highest BCUT2D eigenvalue weighted by molar-refractivity contribution is 6.32. The zero-order chi connectivity index (χ0) is 14.5. The van der Waals surface area contributed by atoms with Crippen LogP contribution in [0.15, 0.2) is 18.2 Å². The van der Waals surface area contributed by atoms with Gasteiger partial charge in [0.05, 0.1) is 18.7 Å². The number of halogens is 1. The third-order valence-electron chi connectivity index (χ3n) is 2.76. The molecule has 0 heterocycles. The van der Waals surface area contributed by atoms with E-state index in [-0.39, 0.29) is 24.5 Å². The number of nitrogens with one attached hydrogen (secondary N) is 3. The van der Waals surface area contributed by atoms with Crippen molar-refractivity contribution in [2.24, 2.45) is 0 Å². The van der Waals surface area contributed by atoms with Gasteiger partial charge in [0, 0.05) is 11.7 Å². The van der Waals surface area contributed by atoms with E-state index in [9.17, 15) is 9.59 Å². The molecule has 0 aromatic heterocycles. The second-order valence-electron chi connectivity index (χ2n) is 4.50. The minimum Gasteiger partial charge on any atom is -0.495 e. The largest absolute Gasteiger partial charge is 0.495 e. The SMILES string of the molecule is COc1ccc(NC(=O)CNC(=O)NC2CC2)cc1Cl. The van der Waals surface area contributed by atoms with E-state index in [2.05, 4.69) is 16.0 Å². The van der Waals surface area contributed by atoms with E-state index >= 15 is 0 Å². The molecule has 0 radical (unpaired) electrons. The predicted octanol–water partition coefficient (Wildman–Crippen LogP) is 1.75. The number of hydrogen-bond acceptors (Lipinski definition) is 3. The molecule has 1 aromatic carbocycles. The van der Waals surface area contributed by atoms with Gasteiger partial charge in [0.15, 0.2) is 0 Å². The van der Waals surface area contributed by atoms with E-state index in [1.54, 1.807) is 18.2 Å². The summed E-state index contributed by atoms with van der Waals surface area (Å²) in [5.74, 6) is 0.212. The number of hydrogen-bond donors (Lipinski definition) is 3. The summed E-state index contributed by atoms with van der Waals surface area (Å²) in [7, 11) is 1.52. The first-order valence-electron chi connectivity index (χ1n) is 6.26. The first-order valence-corrected chi connectivity index (χ1v) is 6.64. The maximum Gasteiger partial charge on any atom is 0.315 e. The van der Waals surface area contributed by atoms with E-state index in [1.807, 2.05) is 0 Å². The molecular formula is C13H16ClN3O3. The van der Waals surface area contributed by atoms with Crippen LogP contribution in [0.3, 0.4) is 0 Å². The van der Waals surface area contributed by atoms with Crippen molar-refractivity contribution in [2.75, 3.05) is 19.0 Å². The van der Waals surface area contributed by atoms with Gasteiger partial charge < -0.3 is 20.7 Å². The second kappa shape index (κ2) is 6.47. The highest BCUT2D eigenvalue weighted by Gasteiger charge is 2.23. The lowest BCUT2D eigenvalue weighted by Gasteiger charge is -2.09. The van der Waals surface area contributed by atoms with Crippen molar-refractivity contribution in [1.82, 2.24) is 10.6 Å². The molecule has 1 saturated carbocycles. The molecular weight excluding hydrogens is 282 g/mol. The monoisotopic (exact) mass is 297 g/mol. The maximum absolute atomic E-state index is 11.7. The predicted molar refractivity (Wildman–Crippen MR) is 76.2 cm³/mol. The van der Waals surface area contributed by atoms with Gasteiger partial charge in [0.1, 0.15) is 5.75 Å². The molecule has 1 aliphatic rings. The summed E-state index contributed by atoms with van der Waals surface area (Å²) in [5, 5.41) is 8.27. The number of anilines is 1. The average molecular weight is 298 g/mol. The summed E-state index contributed by atoms with van der Waals surface area (Å²) < 4.78 is 5.02. The Balaban J connectivity index is 1.78. The molecule has 2 rings (SSSR count). The van der Waals surface area contributed by atoms with E-state index < -0.39 is 0 Å². The van der Waals surface area contributed by atoms with Gasteiger partial charge in [-0.15, -0.1) is 0 Å². The van der Waals surface area contributed by atoms with Crippen LogP contribution in [0, 0.1) is 0 Å². The van der Waals surface area contributed by atoms with Crippen molar-refractivity contribution >= 4 is 29.2 Å². The van der Waals surface area contributed by atoms with Crippen molar-refractivity contribution in [3.8, 4) is 5.75 Å². The molecule has 0 aliphatic heterocycles. The van der Waals surface area contributed by atoms with Crippen LogP contribution in [0.4, 0.5) is 10.5 Å². The topological polar surface area (TPSA) is 79.5 Å². The van der Waals surface area contributed by atoms with Crippen LogP contribution >= 0.6 is 11.6 Å². The lowest BCUT2D eigenvalue weighted by Crippen LogP contribution is -2.40. The number of ether oxygens (including phenoxy) is 1. The summed E-state index contributed by atoms with van der Waals surface area (Å²) in [6, 6.07) is 4.86. The van der Waals surface area contributed by atoms with Crippen molar-refractivity contribution in [3.63, 3.8) is 0 Å². The van der Waals surface area contributed by atoms with Crippen LogP contribution < -0.4 is 20.7 Å². The van der Waals surface area contributed by atoms with Crippen molar-refractivity contribution < 1.29 is 14.3 Å². The Bertz CT molecular complexity index is 518. The average Bonchev–Trinajstić information content (AvgIpc) is 3.20. The summed E-state index contributed by atoms with van der Waals surface area (Å²) >= 11 is 5.95. The van der Waals surface area contributed by atoms with Crippen molar-refractivity contribution in [3.05, 3.63) is 23.2 Å². The van der Waals surface area contributed by atoms with E-state index in [0.29, 0.717) is 16.5 Å². The lowest BCUT2D eigenvalue weighted by atomic mass is 10.3. The fourth-order valence-electron chi connectivity index (χ4n) is 1.57. The Morgan fingerprint density at radius 2 is 2.15 bits per heavy atom. The zero-order valence-corrected chi connectivity index (χ0v) is 11.8. The van der Waals surface area contributed by atoms with Gasteiger partial charge in [-0.05, 0) is 31.0 Å². The fourth-order valence-corrected chi connectivity index (χ4v) is 1.83. The molecule has 0 spiro atoms. The number of methoxy groups -OCH3 is 1. The first-order chi connectivity index (χ1) is 9.58. The zero-order valence-electron chi connectivity index (χ0n) is 11.0.